The molecule has 0 bridgehead atoms. The highest BCUT2D eigenvalue weighted by atomic mass is 35.5. The van der Waals surface area contributed by atoms with Crippen molar-refractivity contribution in [3.63, 3.8) is 0 Å². The zero-order valence-corrected chi connectivity index (χ0v) is 7.73. The van der Waals surface area contributed by atoms with E-state index in [-0.39, 0.29) is 0 Å². The first-order chi connectivity index (χ1) is 5.79. The zero-order valence-electron chi connectivity index (χ0n) is 6.97. The van der Waals surface area contributed by atoms with Gasteiger partial charge in [-0.3, -0.25) is 4.98 Å². The molecule has 62 valence electrons. The van der Waals surface area contributed by atoms with E-state index in [0.717, 1.165) is 28.4 Å². The SMILES string of the molecule is CC1=c2ncccc2=C(Cl)CC1. The van der Waals surface area contributed by atoms with Crippen molar-refractivity contribution >= 4 is 22.2 Å². The summed E-state index contributed by atoms with van der Waals surface area (Å²) in [6.07, 6.45) is 3.83. The number of fused-ring (bicyclic) bond motifs is 1. The molecule has 2 rings (SSSR count). The number of rotatable bonds is 0. The summed E-state index contributed by atoms with van der Waals surface area (Å²) >= 11 is 6.08. The highest BCUT2D eigenvalue weighted by molar-refractivity contribution is 6.45. The molecule has 0 N–H and O–H groups in total. The number of pyridine rings is 1. The molecule has 0 radical (unpaired) electrons. The Hall–Kier alpha value is -0.820. The van der Waals surface area contributed by atoms with E-state index in [9.17, 15) is 0 Å². The minimum absolute atomic E-state index is 0.948. The van der Waals surface area contributed by atoms with Crippen LogP contribution in [0.15, 0.2) is 18.3 Å². The molecule has 0 atom stereocenters. The average Bonchev–Trinajstić information content (AvgIpc) is 2.12. The van der Waals surface area contributed by atoms with Gasteiger partial charge in [-0.15, -0.1) is 0 Å². The number of hydrogen-bond acceptors (Lipinski definition) is 1. The van der Waals surface area contributed by atoms with Gasteiger partial charge in [0.05, 0.1) is 5.35 Å². The molecular weight excluding hydrogens is 170 g/mol. The van der Waals surface area contributed by atoms with Crippen LogP contribution in [0.25, 0.3) is 10.6 Å². The summed E-state index contributed by atoms with van der Waals surface area (Å²) in [6.45, 7) is 2.12. The highest BCUT2D eigenvalue weighted by Crippen LogP contribution is 2.15. The predicted molar refractivity (Wildman–Crippen MR) is 51.1 cm³/mol. The van der Waals surface area contributed by atoms with Gasteiger partial charge in [0.1, 0.15) is 0 Å². The topological polar surface area (TPSA) is 12.9 Å². The smallest absolute Gasteiger partial charge is 0.0702 e. The molecule has 1 heterocycles. The van der Waals surface area contributed by atoms with Crippen molar-refractivity contribution in [1.29, 1.82) is 0 Å². The lowest BCUT2D eigenvalue weighted by atomic mass is 10.0. The maximum atomic E-state index is 6.08. The molecule has 1 aromatic rings. The third-order valence-corrected chi connectivity index (χ3v) is 2.62. The molecule has 0 unspecified atom stereocenters. The van der Waals surface area contributed by atoms with E-state index in [0.29, 0.717) is 0 Å². The van der Waals surface area contributed by atoms with Gasteiger partial charge in [-0.2, -0.15) is 0 Å². The molecule has 0 aromatic carbocycles. The molecule has 0 aliphatic heterocycles. The van der Waals surface area contributed by atoms with Crippen LogP contribution < -0.4 is 10.6 Å². The first kappa shape index (κ1) is 7.81. The van der Waals surface area contributed by atoms with Crippen LogP contribution in [0, 0.1) is 0 Å². The van der Waals surface area contributed by atoms with Gasteiger partial charge in [0, 0.05) is 16.4 Å². The van der Waals surface area contributed by atoms with E-state index < -0.39 is 0 Å². The Kier molecular flexibility index (Phi) is 1.89. The number of halogens is 1. The first-order valence-electron chi connectivity index (χ1n) is 4.08. The lowest BCUT2D eigenvalue weighted by molar-refractivity contribution is 1.02. The first-order valence-corrected chi connectivity index (χ1v) is 4.46. The summed E-state index contributed by atoms with van der Waals surface area (Å²) in [5, 5.41) is 3.14. The van der Waals surface area contributed by atoms with Gasteiger partial charge in [0.25, 0.3) is 0 Å². The maximum absolute atomic E-state index is 6.08. The quantitative estimate of drug-likeness (QED) is 0.587. The Morgan fingerprint density at radius 3 is 3.00 bits per heavy atom. The Morgan fingerprint density at radius 2 is 2.25 bits per heavy atom. The van der Waals surface area contributed by atoms with Crippen LogP contribution in [0.3, 0.4) is 0 Å². The zero-order chi connectivity index (χ0) is 8.55. The fourth-order valence-corrected chi connectivity index (χ4v) is 1.76. The third kappa shape index (κ3) is 1.14. The summed E-state index contributed by atoms with van der Waals surface area (Å²) < 4.78 is 0. The van der Waals surface area contributed by atoms with Crippen LogP contribution >= 0.6 is 11.6 Å². The van der Waals surface area contributed by atoms with Crippen molar-refractivity contribution in [2.24, 2.45) is 0 Å². The van der Waals surface area contributed by atoms with Crippen LogP contribution in [-0.4, -0.2) is 4.98 Å². The Morgan fingerprint density at radius 1 is 1.42 bits per heavy atom. The largest absolute Gasteiger partial charge is 0.256 e. The fourth-order valence-electron chi connectivity index (χ4n) is 1.51. The van der Waals surface area contributed by atoms with Crippen LogP contribution in [-0.2, 0) is 0 Å². The normalized spacial score (nSPS) is 16.2. The van der Waals surface area contributed by atoms with Gasteiger partial charge < -0.3 is 0 Å². The number of hydrogen-bond donors (Lipinski definition) is 0. The van der Waals surface area contributed by atoms with E-state index >= 15 is 0 Å². The van der Waals surface area contributed by atoms with Crippen molar-refractivity contribution < 1.29 is 0 Å². The minimum Gasteiger partial charge on any atom is -0.256 e. The van der Waals surface area contributed by atoms with Gasteiger partial charge in [-0.05, 0) is 31.4 Å². The lowest BCUT2D eigenvalue weighted by Gasteiger charge is -2.07. The maximum Gasteiger partial charge on any atom is 0.0702 e. The molecule has 1 aliphatic rings. The van der Waals surface area contributed by atoms with Crippen LogP contribution in [0.1, 0.15) is 19.8 Å². The summed E-state index contributed by atoms with van der Waals surface area (Å²) in [5.41, 5.74) is 1.34. The van der Waals surface area contributed by atoms with Crippen molar-refractivity contribution in [2.45, 2.75) is 19.8 Å². The molecule has 1 aliphatic carbocycles. The van der Waals surface area contributed by atoms with Crippen molar-refractivity contribution in [3.05, 3.63) is 28.9 Å². The van der Waals surface area contributed by atoms with E-state index in [1.54, 1.807) is 0 Å². The molecule has 1 aromatic heterocycles. The van der Waals surface area contributed by atoms with E-state index in [1.165, 1.54) is 5.57 Å². The predicted octanol–water partition coefficient (Wildman–Crippen LogP) is 1.39. The monoisotopic (exact) mass is 179 g/mol. The molecule has 0 saturated heterocycles. The Balaban J connectivity index is 2.95. The number of aromatic nitrogens is 1. The summed E-state index contributed by atoms with van der Waals surface area (Å²) in [7, 11) is 0. The highest BCUT2D eigenvalue weighted by Gasteiger charge is 2.05. The second kappa shape index (κ2) is 2.91. The van der Waals surface area contributed by atoms with E-state index in [1.807, 2.05) is 18.3 Å². The van der Waals surface area contributed by atoms with Crippen LogP contribution in [0.4, 0.5) is 0 Å². The van der Waals surface area contributed by atoms with Crippen LogP contribution in [0.2, 0.25) is 0 Å². The average molecular weight is 180 g/mol. The third-order valence-electron chi connectivity index (χ3n) is 2.22. The van der Waals surface area contributed by atoms with Crippen molar-refractivity contribution in [3.8, 4) is 0 Å². The van der Waals surface area contributed by atoms with Crippen molar-refractivity contribution in [1.82, 2.24) is 4.98 Å². The van der Waals surface area contributed by atoms with Crippen LogP contribution in [0.5, 0.6) is 0 Å². The molecule has 0 fully saturated rings. The molecule has 0 saturated carbocycles. The van der Waals surface area contributed by atoms with Crippen molar-refractivity contribution in [2.75, 3.05) is 0 Å². The molecule has 0 spiro atoms. The van der Waals surface area contributed by atoms with E-state index in [2.05, 4.69) is 11.9 Å². The Labute approximate surface area is 76.4 Å². The molecule has 1 nitrogen and oxygen atoms in total. The molecule has 12 heavy (non-hydrogen) atoms. The summed E-state index contributed by atoms with van der Waals surface area (Å²) in [6, 6.07) is 3.97. The van der Waals surface area contributed by atoms with Gasteiger partial charge in [-0.25, -0.2) is 0 Å². The molecular formula is C10H10ClN. The standard InChI is InChI=1S/C10H10ClN/c1-7-4-5-9(11)8-3-2-6-12-10(7)8/h2-3,6H,4-5H2,1H3. The number of nitrogens with zero attached hydrogens (tertiary/aromatic N) is 1. The minimum atomic E-state index is 0.948. The van der Waals surface area contributed by atoms with Gasteiger partial charge in [0.2, 0.25) is 0 Å². The Bertz CT molecular complexity index is 379. The van der Waals surface area contributed by atoms with Gasteiger partial charge >= 0.3 is 0 Å². The summed E-state index contributed by atoms with van der Waals surface area (Å²) in [4.78, 5) is 4.31. The second-order valence-corrected chi connectivity index (χ2v) is 3.54. The lowest BCUT2D eigenvalue weighted by Crippen LogP contribution is -2.33. The molecule has 2 heteroatoms. The van der Waals surface area contributed by atoms with Gasteiger partial charge in [-0.1, -0.05) is 17.7 Å². The van der Waals surface area contributed by atoms with E-state index in [4.69, 9.17) is 11.6 Å². The fraction of sp³-hybridized carbons (Fsp3) is 0.300. The molecule has 0 amide bonds. The van der Waals surface area contributed by atoms with Gasteiger partial charge in [0.15, 0.2) is 0 Å². The summed E-state index contributed by atoms with van der Waals surface area (Å²) in [5.74, 6) is 0. The second-order valence-electron chi connectivity index (χ2n) is 3.08.